The number of hydrogen-bond donors (Lipinski definition) is 0. The Hall–Kier alpha value is -1.10. The molecule has 1 atom stereocenters. The second-order valence-corrected chi connectivity index (χ2v) is 7.38. The number of carbonyl (C=O) groups excluding carboxylic acids is 1. The Balaban J connectivity index is 1.75. The number of hydrogen-bond acceptors (Lipinski definition) is 4. The van der Waals surface area contributed by atoms with E-state index in [9.17, 15) is 4.79 Å². The molecule has 0 aliphatic carbocycles. The lowest BCUT2D eigenvalue weighted by Gasteiger charge is -2.33. The molecule has 0 aromatic heterocycles. The van der Waals surface area contributed by atoms with Crippen LogP contribution in [0.2, 0.25) is 0 Å². The van der Waals surface area contributed by atoms with Crippen LogP contribution in [0.1, 0.15) is 63.5 Å². The Morgan fingerprint density at radius 3 is 2.88 bits per heavy atom. The number of unbranched alkanes of at least 4 members (excludes halogenated alkanes) is 5. The van der Waals surface area contributed by atoms with Crippen LogP contribution in [0.4, 0.5) is 0 Å². The summed E-state index contributed by atoms with van der Waals surface area (Å²) in [7, 11) is 0. The molecular weight excluding hydrogens is 350 g/mol. The van der Waals surface area contributed by atoms with E-state index in [2.05, 4.69) is 24.0 Å². The van der Waals surface area contributed by atoms with Gasteiger partial charge in [-0.1, -0.05) is 51.2 Å². The molecule has 0 N–H and O–H groups in total. The molecule has 1 fully saturated rings. The fourth-order valence-electron chi connectivity index (χ4n) is 3.23. The second-order valence-electron chi connectivity index (χ2n) is 6.95. The Bertz CT molecular complexity index is 538. The zero-order chi connectivity index (χ0) is 18.6. The zero-order valence-electron chi connectivity index (χ0n) is 15.9. The van der Waals surface area contributed by atoms with Crippen molar-refractivity contribution in [2.75, 3.05) is 32.8 Å². The predicted octanol–water partition coefficient (Wildman–Crippen LogP) is 4.95. The van der Waals surface area contributed by atoms with Gasteiger partial charge >= 0.3 is 0 Å². The van der Waals surface area contributed by atoms with Crippen molar-refractivity contribution in [3.8, 4) is 5.75 Å². The van der Waals surface area contributed by atoms with Gasteiger partial charge in [0.2, 0.25) is 5.24 Å². The summed E-state index contributed by atoms with van der Waals surface area (Å²) < 4.78 is 11.8. The van der Waals surface area contributed by atoms with Gasteiger partial charge < -0.3 is 9.47 Å². The fraction of sp³-hybridized carbons (Fsp3) is 0.667. The molecule has 1 heterocycles. The standard InChI is InChI=1S/C21H32ClNO3/c1-2-3-4-5-6-7-14-25-19-10-8-9-18(16-19)20-17-23(13-15-26-20)12-11-21(22)24/h8-10,16,20H,2-7,11-15,17H2,1H3. The minimum atomic E-state index is -0.280. The molecule has 0 bridgehead atoms. The number of ether oxygens (including phenoxy) is 2. The van der Waals surface area contributed by atoms with E-state index in [1.807, 2.05) is 12.1 Å². The molecule has 0 radical (unpaired) electrons. The lowest BCUT2D eigenvalue weighted by molar-refractivity contribution is -0.112. The van der Waals surface area contributed by atoms with Crippen LogP contribution in [0, 0.1) is 0 Å². The quantitative estimate of drug-likeness (QED) is 0.379. The number of nitrogens with zero attached hydrogens (tertiary/aromatic N) is 1. The van der Waals surface area contributed by atoms with Gasteiger partial charge in [0.15, 0.2) is 0 Å². The lowest BCUT2D eigenvalue weighted by atomic mass is 10.1. The molecule has 4 nitrogen and oxygen atoms in total. The molecule has 5 heteroatoms. The van der Waals surface area contributed by atoms with E-state index in [-0.39, 0.29) is 11.3 Å². The van der Waals surface area contributed by atoms with Crippen LogP contribution in [-0.2, 0) is 9.53 Å². The first kappa shape index (κ1) is 21.2. The Kier molecular flexibility index (Phi) is 10.0. The van der Waals surface area contributed by atoms with Gasteiger partial charge in [-0.2, -0.15) is 0 Å². The third-order valence-electron chi connectivity index (χ3n) is 4.77. The van der Waals surface area contributed by atoms with Gasteiger partial charge in [-0.3, -0.25) is 9.69 Å². The van der Waals surface area contributed by atoms with Crippen molar-refractivity contribution in [2.45, 2.75) is 58.0 Å². The summed E-state index contributed by atoms with van der Waals surface area (Å²) in [5, 5.41) is -0.280. The number of halogens is 1. The summed E-state index contributed by atoms with van der Waals surface area (Å²) in [5.41, 5.74) is 1.13. The Labute approximate surface area is 162 Å². The largest absolute Gasteiger partial charge is 0.494 e. The molecular formula is C21H32ClNO3. The first-order valence-corrected chi connectivity index (χ1v) is 10.3. The van der Waals surface area contributed by atoms with Crippen LogP contribution in [0.25, 0.3) is 0 Å². The highest BCUT2D eigenvalue weighted by Crippen LogP contribution is 2.25. The van der Waals surface area contributed by atoms with Crippen LogP contribution in [-0.4, -0.2) is 43.0 Å². The van der Waals surface area contributed by atoms with Crippen LogP contribution in [0.15, 0.2) is 24.3 Å². The summed E-state index contributed by atoms with van der Waals surface area (Å²) >= 11 is 5.45. The summed E-state index contributed by atoms with van der Waals surface area (Å²) in [6, 6.07) is 8.19. The highest BCUT2D eigenvalue weighted by atomic mass is 35.5. The van der Waals surface area contributed by atoms with E-state index in [4.69, 9.17) is 21.1 Å². The van der Waals surface area contributed by atoms with Crippen molar-refractivity contribution in [2.24, 2.45) is 0 Å². The van der Waals surface area contributed by atoms with Crippen molar-refractivity contribution in [1.29, 1.82) is 0 Å². The van der Waals surface area contributed by atoms with Crippen molar-refractivity contribution in [1.82, 2.24) is 4.90 Å². The van der Waals surface area contributed by atoms with Crippen LogP contribution in [0.3, 0.4) is 0 Å². The van der Waals surface area contributed by atoms with Crippen molar-refractivity contribution < 1.29 is 14.3 Å². The molecule has 0 saturated carbocycles. The van der Waals surface area contributed by atoms with E-state index in [0.29, 0.717) is 19.6 Å². The number of benzene rings is 1. The maximum Gasteiger partial charge on any atom is 0.222 e. The highest BCUT2D eigenvalue weighted by Gasteiger charge is 2.22. The third-order valence-corrected chi connectivity index (χ3v) is 4.96. The van der Waals surface area contributed by atoms with Gasteiger partial charge in [0.05, 0.1) is 19.3 Å². The lowest BCUT2D eigenvalue weighted by Crippen LogP contribution is -2.39. The van der Waals surface area contributed by atoms with Gasteiger partial charge in [-0.15, -0.1) is 0 Å². The number of morpholine rings is 1. The van der Waals surface area contributed by atoms with Crippen molar-refractivity contribution in [3.05, 3.63) is 29.8 Å². The SMILES string of the molecule is CCCCCCCCOc1cccc(C2CN(CCC(=O)Cl)CCO2)c1. The fourth-order valence-corrected chi connectivity index (χ4v) is 3.31. The maximum atomic E-state index is 11.0. The van der Waals surface area contributed by atoms with E-state index in [1.165, 1.54) is 32.1 Å². The maximum absolute atomic E-state index is 11.0. The summed E-state index contributed by atoms with van der Waals surface area (Å²) in [4.78, 5) is 13.2. The minimum Gasteiger partial charge on any atom is -0.494 e. The molecule has 2 rings (SSSR count). The molecule has 26 heavy (non-hydrogen) atoms. The number of rotatable bonds is 12. The van der Waals surface area contributed by atoms with Gasteiger partial charge in [0.1, 0.15) is 5.75 Å². The van der Waals surface area contributed by atoms with Gasteiger partial charge in [-0.05, 0) is 35.7 Å². The predicted molar refractivity (Wildman–Crippen MR) is 106 cm³/mol. The molecule has 146 valence electrons. The normalized spacial score (nSPS) is 18.0. The van der Waals surface area contributed by atoms with Gasteiger partial charge in [0, 0.05) is 26.1 Å². The second kappa shape index (κ2) is 12.3. The molecule has 0 amide bonds. The van der Waals surface area contributed by atoms with Crippen LogP contribution < -0.4 is 4.74 Å². The average molecular weight is 382 g/mol. The van der Waals surface area contributed by atoms with Crippen molar-refractivity contribution >= 4 is 16.8 Å². The molecule has 1 aromatic carbocycles. The van der Waals surface area contributed by atoms with Gasteiger partial charge in [0.25, 0.3) is 0 Å². The Morgan fingerprint density at radius 2 is 2.08 bits per heavy atom. The van der Waals surface area contributed by atoms with E-state index in [0.717, 1.165) is 37.4 Å². The summed E-state index contributed by atoms with van der Waals surface area (Å²) in [6.45, 7) is 5.99. The average Bonchev–Trinajstić information content (AvgIpc) is 2.66. The molecule has 1 aliphatic heterocycles. The third kappa shape index (κ3) is 8.07. The molecule has 1 aliphatic rings. The first-order chi connectivity index (χ1) is 12.7. The molecule has 1 saturated heterocycles. The van der Waals surface area contributed by atoms with Crippen molar-refractivity contribution in [3.63, 3.8) is 0 Å². The summed E-state index contributed by atoms with van der Waals surface area (Å²) in [5.74, 6) is 0.910. The first-order valence-electron chi connectivity index (χ1n) is 9.94. The van der Waals surface area contributed by atoms with Crippen LogP contribution >= 0.6 is 11.6 Å². The van der Waals surface area contributed by atoms with Crippen LogP contribution in [0.5, 0.6) is 5.75 Å². The monoisotopic (exact) mass is 381 g/mol. The zero-order valence-corrected chi connectivity index (χ0v) is 16.7. The topological polar surface area (TPSA) is 38.8 Å². The molecule has 0 spiro atoms. The van der Waals surface area contributed by atoms with Gasteiger partial charge in [-0.25, -0.2) is 0 Å². The summed E-state index contributed by atoms with van der Waals surface area (Å²) in [6.07, 6.45) is 7.99. The highest BCUT2D eigenvalue weighted by molar-refractivity contribution is 6.63. The van der Waals surface area contributed by atoms with E-state index in [1.54, 1.807) is 0 Å². The molecule has 1 aromatic rings. The van der Waals surface area contributed by atoms with E-state index >= 15 is 0 Å². The Morgan fingerprint density at radius 1 is 1.27 bits per heavy atom. The smallest absolute Gasteiger partial charge is 0.222 e. The number of carbonyl (C=O) groups is 1. The van der Waals surface area contributed by atoms with E-state index < -0.39 is 0 Å². The minimum absolute atomic E-state index is 0.0202. The molecule has 1 unspecified atom stereocenters.